The van der Waals surface area contributed by atoms with Gasteiger partial charge in [0, 0.05) is 24.0 Å². The number of amides is 1. The van der Waals surface area contributed by atoms with E-state index in [1.54, 1.807) is 17.1 Å². The molecule has 0 aliphatic rings. The maximum Gasteiger partial charge on any atom is 0.241 e. The Bertz CT molecular complexity index is 1180. The molecule has 4 heterocycles. The summed E-state index contributed by atoms with van der Waals surface area (Å²) in [5.41, 5.74) is 4.36. The standard InChI is InChI=1S/C20H21BrN6O2/c1-12-18-15(16-5-4-10-29-16)6-7-23-20(18)27(24-12)11-17(28)22-8-9-26-14(3)19(21)13(2)25-26/h4-7,10H,8-9,11H2,1-3H3,(H,22,28). The van der Waals surface area contributed by atoms with E-state index in [0.717, 1.165) is 38.3 Å². The molecule has 4 aromatic heterocycles. The quantitative estimate of drug-likeness (QED) is 0.480. The summed E-state index contributed by atoms with van der Waals surface area (Å²) < 4.78 is 10.0. The molecule has 0 aromatic carbocycles. The minimum Gasteiger partial charge on any atom is -0.464 e. The number of nitrogens with one attached hydrogen (secondary N) is 1. The average Bonchev–Trinajstić information content (AvgIpc) is 3.40. The van der Waals surface area contributed by atoms with Gasteiger partial charge in [0.1, 0.15) is 12.3 Å². The average molecular weight is 457 g/mol. The van der Waals surface area contributed by atoms with Crippen LogP contribution in [0.5, 0.6) is 0 Å². The molecule has 1 amide bonds. The molecule has 0 atom stereocenters. The molecule has 4 rings (SSSR count). The third-order valence-corrected chi connectivity index (χ3v) is 5.97. The van der Waals surface area contributed by atoms with Gasteiger partial charge in [-0.25, -0.2) is 9.67 Å². The smallest absolute Gasteiger partial charge is 0.241 e. The van der Waals surface area contributed by atoms with Crippen LogP contribution in [0.15, 0.2) is 39.5 Å². The second-order valence-corrected chi connectivity index (χ2v) is 7.63. The molecule has 0 radical (unpaired) electrons. The van der Waals surface area contributed by atoms with Crippen LogP contribution < -0.4 is 5.32 Å². The number of fused-ring (bicyclic) bond motifs is 1. The molecule has 9 heteroatoms. The fourth-order valence-electron chi connectivity index (χ4n) is 3.41. The van der Waals surface area contributed by atoms with Crippen molar-refractivity contribution >= 4 is 32.9 Å². The van der Waals surface area contributed by atoms with Crippen molar-refractivity contribution in [2.24, 2.45) is 0 Å². The number of furan rings is 1. The molecule has 0 unspecified atom stereocenters. The van der Waals surface area contributed by atoms with Gasteiger partial charge in [0.25, 0.3) is 0 Å². The topological polar surface area (TPSA) is 90.8 Å². The molecule has 1 N–H and O–H groups in total. The van der Waals surface area contributed by atoms with Crippen LogP contribution in [0.4, 0.5) is 0 Å². The van der Waals surface area contributed by atoms with Crippen LogP contribution in [0.2, 0.25) is 0 Å². The lowest BCUT2D eigenvalue weighted by atomic mass is 10.1. The third kappa shape index (κ3) is 3.69. The first-order chi connectivity index (χ1) is 14.0. The summed E-state index contributed by atoms with van der Waals surface area (Å²) >= 11 is 3.51. The summed E-state index contributed by atoms with van der Waals surface area (Å²) in [5, 5.41) is 12.8. The van der Waals surface area contributed by atoms with E-state index < -0.39 is 0 Å². The summed E-state index contributed by atoms with van der Waals surface area (Å²) in [6.45, 7) is 7.03. The van der Waals surface area contributed by atoms with Crippen molar-refractivity contribution < 1.29 is 9.21 Å². The molecule has 4 aromatic rings. The van der Waals surface area contributed by atoms with Crippen molar-refractivity contribution in [3.05, 3.63) is 52.2 Å². The van der Waals surface area contributed by atoms with Gasteiger partial charge in [-0.3, -0.25) is 9.48 Å². The minimum absolute atomic E-state index is 0.0970. The molecule has 8 nitrogen and oxygen atoms in total. The maximum absolute atomic E-state index is 12.5. The zero-order valence-corrected chi connectivity index (χ0v) is 18.0. The first-order valence-corrected chi connectivity index (χ1v) is 10.1. The second kappa shape index (κ2) is 7.82. The van der Waals surface area contributed by atoms with Gasteiger partial charge in [0.2, 0.25) is 5.91 Å². The Morgan fingerprint density at radius 3 is 2.66 bits per heavy atom. The molecular formula is C20H21BrN6O2. The first-order valence-electron chi connectivity index (χ1n) is 9.28. The van der Waals surface area contributed by atoms with E-state index in [4.69, 9.17) is 4.42 Å². The predicted molar refractivity (Wildman–Crippen MR) is 112 cm³/mol. The van der Waals surface area contributed by atoms with Crippen LogP contribution in [-0.2, 0) is 17.9 Å². The zero-order valence-electron chi connectivity index (χ0n) is 16.4. The van der Waals surface area contributed by atoms with Crippen LogP contribution in [0.1, 0.15) is 17.1 Å². The number of aromatic nitrogens is 5. The fraction of sp³-hybridized carbons (Fsp3) is 0.300. The number of carbonyl (C=O) groups excluding carboxylic acids is 1. The summed E-state index contributed by atoms with van der Waals surface area (Å²) in [4.78, 5) is 16.9. The number of aryl methyl sites for hydroxylation is 2. The SMILES string of the molecule is Cc1nn(CCNC(=O)Cn2nc(C)c3c(-c4ccco4)ccnc32)c(C)c1Br. The van der Waals surface area contributed by atoms with Gasteiger partial charge in [-0.15, -0.1) is 0 Å². The van der Waals surface area contributed by atoms with E-state index in [0.29, 0.717) is 18.7 Å². The Morgan fingerprint density at radius 2 is 1.97 bits per heavy atom. The van der Waals surface area contributed by atoms with Crippen molar-refractivity contribution in [1.82, 2.24) is 29.9 Å². The zero-order chi connectivity index (χ0) is 20.5. The van der Waals surface area contributed by atoms with E-state index in [2.05, 4.69) is 36.4 Å². The largest absolute Gasteiger partial charge is 0.464 e. The lowest BCUT2D eigenvalue weighted by molar-refractivity contribution is -0.121. The Balaban J connectivity index is 1.47. The van der Waals surface area contributed by atoms with Crippen molar-refractivity contribution in [2.45, 2.75) is 33.9 Å². The molecule has 29 heavy (non-hydrogen) atoms. The predicted octanol–water partition coefficient (Wildman–Crippen LogP) is 3.39. The van der Waals surface area contributed by atoms with Gasteiger partial charge in [0.15, 0.2) is 5.65 Å². The summed E-state index contributed by atoms with van der Waals surface area (Å²) in [6, 6.07) is 5.64. The molecule has 0 saturated carbocycles. The third-order valence-electron chi connectivity index (χ3n) is 4.83. The Labute approximate surface area is 176 Å². The van der Waals surface area contributed by atoms with Crippen LogP contribution in [0.3, 0.4) is 0 Å². The lowest BCUT2D eigenvalue weighted by Crippen LogP contribution is -2.31. The molecule has 150 valence electrons. The number of hydrogen-bond acceptors (Lipinski definition) is 5. The van der Waals surface area contributed by atoms with Crippen LogP contribution >= 0.6 is 15.9 Å². The highest BCUT2D eigenvalue weighted by Gasteiger charge is 2.17. The summed E-state index contributed by atoms with van der Waals surface area (Å²) in [5.74, 6) is 0.626. The second-order valence-electron chi connectivity index (χ2n) is 6.84. The molecule has 0 bridgehead atoms. The van der Waals surface area contributed by atoms with Crippen molar-refractivity contribution in [1.29, 1.82) is 0 Å². The van der Waals surface area contributed by atoms with E-state index in [9.17, 15) is 4.79 Å². The number of hydrogen-bond donors (Lipinski definition) is 1. The summed E-state index contributed by atoms with van der Waals surface area (Å²) in [7, 11) is 0. The number of pyridine rings is 1. The number of carbonyl (C=O) groups is 1. The van der Waals surface area contributed by atoms with E-state index >= 15 is 0 Å². The molecule has 0 spiro atoms. The highest BCUT2D eigenvalue weighted by atomic mass is 79.9. The molecular weight excluding hydrogens is 436 g/mol. The maximum atomic E-state index is 12.5. The summed E-state index contributed by atoms with van der Waals surface area (Å²) in [6.07, 6.45) is 3.34. The van der Waals surface area contributed by atoms with E-state index in [1.165, 1.54) is 0 Å². The van der Waals surface area contributed by atoms with Crippen LogP contribution in [0.25, 0.3) is 22.4 Å². The molecule has 0 saturated heterocycles. The van der Waals surface area contributed by atoms with Crippen molar-refractivity contribution in [2.75, 3.05) is 6.54 Å². The van der Waals surface area contributed by atoms with Crippen molar-refractivity contribution in [3.8, 4) is 11.3 Å². The first kappa shape index (κ1) is 19.4. The highest BCUT2D eigenvalue weighted by molar-refractivity contribution is 9.10. The van der Waals surface area contributed by atoms with Gasteiger partial charge in [-0.2, -0.15) is 10.2 Å². The highest BCUT2D eigenvalue weighted by Crippen LogP contribution is 2.29. The van der Waals surface area contributed by atoms with Crippen LogP contribution in [-0.4, -0.2) is 37.0 Å². The Hall–Kier alpha value is -2.94. The van der Waals surface area contributed by atoms with Gasteiger partial charge >= 0.3 is 0 Å². The van der Waals surface area contributed by atoms with E-state index in [-0.39, 0.29) is 12.5 Å². The molecule has 0 aliphatic carbocycles. The van der Waals surface area contributed by atoms with Gasteiger partial charge in [-0.05, 0) is 54.9 Å². The van der Waals surface area contributed by atoms with E-state index in [1.807, 2.05) is 43.7 Å². The Morgan fingerprint density at radius 1 is 1.17 bits per heavy atom. The monoisotopic (exact) mass is 456 g/mol. The Kier molecular flexibility index (Phi) is 5.23. The number of halogens is 1. The molecule has 0 aliphatic heterocycles. The minimum atomic E-state index is -0.125. The van der Waals surface area contributed by atoms with Crippen LogP contribution in [0, 0.1) is 20.8 Å². The lowest BCUT2D eigenvalue weighted by Gasteiger charge is -2.08. The fourth-order valence-corrected chi connectivity index (χ4v) is 3.70. The normalized spacial score (nSPS) is 11.3. The van der Waals surface area contributed by atoms with Gasteiger partial charge in [0.05, 0.1) is 34.1 Å². The van der Waals surface area contributed by atoms with Gasteiger partial charge in [-0.1, -0.05) is 0 Å². The molecule has 0 fully saturated rings. The number of rotatable bonds is 6. The van der Waals surface area contributed by atoms with Crippen molar-refractivity contribution in [3.63, 3.8) is 0 Å². The van der Waals surface area contributed by atoms with Gasteiger partial charge < -0.3 is 9.73 Å². The number of nitrogens with zero attached hydrogens (tertiary/aromatic N) is 5.